The van der Waals surface area contributed by atoms with Crippen LogP contribution in [-0.4, -0.2) is 6.54 Å². The third-order valence-electron chi connectivity index (χ3n) is 4.44. The molecule has 0 aliphatic carbocycles. The molecular weight excluding hydrogens is 242 g/mol. The molecule has 1 unspecified atom stereocenters. The molecule has 2 aromatic rings. The second-order valence-corrected chi connectivity index (χ2v) is 6.20. The van der Waals surface area contributed by atoms with E-state index in [1.165, 1.54) is 28.8 Å². The van der Waals surface area contributed by atoms with E-state index in [4.69, 9.17) is 0 Å². The Morgan fingerprint density at radius 1 is 1.05 bits per heavy atom. The largest absolute Gasteiger partial charge is 0.384 e. The van der Waals surface area contributed by atoms with Crippen molar-refractivity contribution in [3.8, 4) is 0 Å². The molecule has 104 valence electrons. The summed E-state index contributed by atoms with van der Waals surface area (Å²) in [5.74, 6) is 1.50. The van der Waals surface area contributed by atoms with Gasteiger partial charge in [-0.2, -0.15) is 0 Å². The number of para-hydroxylation sites is 1. The first-order chi connectivity index (χ1) is 9.74. The molecule has 20 heavy (non-hydrogen) atoms. The number of hydrogen-bond donors (Lipinski definition) is 1. The van der Waals surface area contributed by atoms with Crippen LogP contribution < -0.4 is 5.32 Å². The Bertz CT molecular complexity index is 572. The Kier molecular flexibility index (Phi) is 3.77. The number of nitrogens with one attached hydrogen (secondary N) is 1. The number of hydrogen-bond acceptors (Lipinski definition) is 1. The lowest BCUT2D eigenvalue weighted by atomic mass is 9.84. The van der Waals surface area contributed by atoms with Crippen LogP contribution in [0.25, 0.3) is 0 Å². The SMILES string of the molecule is CC(C)C1CNc2c(Cc3ccccc3)cccc2C1. The van der Waals surface area contributed by atoms with Crippen molar-refractivity contribution in [3.63, 3.8) is 0 Å². The van der Waals surface area contributed by atoms with E-state index in [0.29, 0.717) is 0 Å². The van der Waals surface area contributed by atoms with Crippen LogP contribution in [0.4, 0.5) is 5.69 Å². The number of fused-ring (bicyclic) bond motifs is 1. The molecule has 0 aromatic heterocycles. The van der Waals surface area contributed by atoms with Crippen molar-refractivity contribution in [2.24, 2.45) is 11.8 Å². The van der Waals surface area contributed by atoms with Crippen LogP contribution >= 0.6 is 0 Å². The molecular formula is C19H23N. The van der Waals surface area contributed by atoms with Gasteiger partial charge in [-0.15, -0.1) is 0 Å². The molecule has 1 aliphatic heterocycles. The monoisotopic (exact) mass is 265 g/mol. The van der Waals surface area contributed by atoms with Crippen molar-refractivity contribution in [3.05, 3.63) is 65.2 Å². The minimum atomic E-state index is 0.744. The van der Waals surface area contributed by atoms with Gasteiger partial charge in [0.1, 0.15) is 0 Å². The van der Waals surface area contributed by atoms with Gasteiger partial charge in [0, 0.05) is 12.2 Å². The summed E-state index contributed by atoms with van der Waals surface area (Å²) < 4.78 is 0. The van der Waals surface area contributed by atoms with Gasteiger partial charge in [0.15, 0.2) is 0 Å². The third kappa shape index (κ3) is 2.72. The van der Waals surface area contributed by atoms with Gasteiger partial charge in [-0.05, 0) is 41.4 Å². The standard InChI is InChI=1S/C19H23N/c1-14(2)18-12-17-10-6-9-16(19(17)20-13-18)11-15-7-4-3-5-8-15/h3-10,14,18,20H,11-13H2,1-2H3. The van der Waals surface area contributed by atoms with E-state index in [2.05, 4.69) is 67.7 Å². The Hall–Kier alpha value is -1.76. The lowest BCUT2D eigenvalue weighted by Crippen LogP contribution is -2.27. The van der Waals surface area contributed by atoms with Crippen molar-refractivity contribution in [1.82, 2.24) is 0 Å². The van der Waals surface area contributed by atoms with E-state index in [0.717, 1.165) is 24.8 Å². The zero-order valence-electron chi connectivity index (χ0n) is 12.4. The van der Waals surface area contributed by atoms with Crippen molar-refractivity contribution < 1.29 is 0 Å². The van der Waals surface area contributed by atoms with Crippen LogP contribution in [0.15, 0.2) is 48.5 Å². The summed E-state index contributed by atoms with van der Waals surface area (Å²) in [7, 11) is 0. The van der Waals surface area contributed by atoms with Gasteiger partial charge in [-0.3, -0.25) is 0 Å². The zero-order valence-corrected chi connectivity index (χ0v) is 12.4. The lowest BCUT2D eigenvalue weighted by molar-refractivity contribution is 0.393. The average molecular weight is 265 g/mol. The Balaban J connectivity index is 1.86. The van der Waals surface area contributed by atoms with Crippen LogP contribution in [0.1, 0.15) is 30.5 Å². The molecule has 1 aliphatic rings. The minimum absolute atomic E-state index is 0.744. The molecule has 1 nitrogen and oxygen atoms in total. The molecule has 1 atom stereocenters. The van der Waals surface area contributed by atoms with Gasteiger partial charge in [0.25, 0.3) is 0 Å². The number of rotatable bonds is 3. The summed E-state index contributed by atoms with van der Waals surface area (Å²) in [6, 6.07) is 17.5. The van der Waals surface area contributed by atoms with Gasteiger partial charge in [-0.1, -0.05) is 62.4 Å². The summed E-state index contributed by atoms with van der Waals surface area (Å²) in [6.07, 6.45) is 2.23. The van der Waals surface area contributed by atoms with E-state index in [9.17, 15) is 0 Å². The Morgan fingerprint density at radius 2 is 1.85 bits per heavy atom. The molecule has 1 heteroatoms. The van der Waals surface area contributed by atoms with Gasteiger partial charge < -0.3 is 5.32 Å². The fourth-order valence-corrected chi connectivity index (χ4v) is 3.07. The molecule has 0 fully saturated rings. The van der Waals surface area contributed by atoms with Crippen LogP contribution in [-0.2, 0) is 12.8 Å². The quantitative estimate of drug-likeness (QED) is 0.860. The minimum Gasteiger partial charge on any atom is -0.384 e. The molecule has 0 saturated heterocycles. The first-order valence-electron chi connectivity index (χ1n) is 7.62. The fourth-order valence-electron chi connectivity index (χ4n) is 3.07. The molecule has 1 N–H and O–H groups in total. The van der Waals surface area contributed by atoms with Gasteiger partial charge in [0.05, 0.1) is 0 Å². The average Bonchev–Trinajstić information content (AvgIpc) is 2.48. The van der Waals surface area contributed by atoms with E-state index in [1.54, 1.807) is 0 Å². The van der Waals surface area contributed by atoms with Gasteiger partial charge >= 0.3 is 0 Å². The van der Waals surface area contributed by atoms with E-state index >= 15 is 0 Å². The Morgan fingerprint density at radius 3 is 2.60 bits per heavy atom. The van der Waals surface area contributed by atoms with Crippen molar-refractivity contribution in [1.29, 1.82) is 0 Å². The van der Waals surface area contributed by atoms with Crippen LogP contribution in [0.2, 0.25) is 0 Å². The highest BCUT2D eigenvalue weighted by molar-refractivity contribution is 5.60. The Labute approximate surface area is 122 Å². The highest BCUT2D eigenvalue weighted by Gasteiger charge is 2.22. The second kappa shape index (κ2) is 5.70. The van der Waals surface area contributed by atoms with Gasteiger partial charge in [-0.25, -0.2) is 0 Å². The second-order valence-electron chi connectivity index (χ2n) is 6.20. The molecule has 3 rings (SSSR count). The summed E-state index contributed by atoms with van der Waals surface area (Å²) in [4.78, 5) is 0. The molecule has 0 spiro atoms. The highest BCUT2D eigenvalue weighted by atomic mass is 14.9. The van der Waals surface area contributed by atoms with Crippen LogP contribution in [0.5, 0.6) is 0 Å². The topological polar surface area (TPSA) is 12.0 Å². The predicted molar refractivity (Wildman–Crippen MR) is 86.2 cm³/mol. The molecule has 0 saturated carbocycles. The highest BCUT2D eigenvalue weighted by Crippen LogP contribution is 2.32. The van der Waals surface area contributed by atoms with Crippen LogP contribution in [0.3, 0.4) is 0 Å². The fraction of sp³-hybridized carbons (Fsp3) is 0.368. The zero-order chi connectivity index (χ0) is 13.9. The van der Waals surface area contributed by atoms with E-state index < -0.39 is 0 Å². The number of anilines is 1. The summed E-state index contributed by atoms with van der Waals surface area (Å²) >= 11 is 0. The first kappa shape index (κ1) is 13.2. The van der Waals surface area contributed by atoms with Crippen molar-refractivity contribution >= 4 is 5.69 Å². The maximum Gasteiger partial charge on any atom is 0.0408 e. The smallest absolute Gasteiger partial charge is 0.0408 e. The third-order valence-corrected chi connectivity index (χ3v) is 4.44. The van der Waals surface area contributed by atoms with E-state index in [1.807, 2.05) is 0 Å². The van der Waals surface area contributed by atoms with Gasteiger partial charge in [0.2, 0.25) is 0 Å². The molecule has 0 amide bonds. The lowest BCUT2D eigenvalue weighted by Gasteiger charge is -2.30. The van der Waals surface area contributed by atoms with Crippen molar-refractivity contribution in [2.45, 2.75) is 26.7 Å². The first-order valence-corrected chi connectivity index (χ1v) is 7.62. The molecule has 0 bridgehead atoms. The predicted octanol–water partition coefficient (Wildman–Crippen LogP) is 4.52. The molecule has 1 heterocycles. The molecule has 2 aromatic carbocycles. The number of benzene rings is 2. The summed E-state index contributed by atoms with van der Waals surface area (Å²) in [5, 5.41) is 3.68. The summed E-state index contributed by atoms with van der Waals surface area (Å²) in [5.41, 5.74) is 5.68. The maximum atomic E-state index is 3.68. The van der Waals surface area contributed by atoms with Crippen molar-refractivity contribution in [2.75, 3.05) is 11.9 Å². The summed E-state index contributed by atoms with van der Waals surface area (Å²) in [6.45, 7) is 5.76. The molecule has 0 radical (unpaired) electrons. The van der Waals surface area contributed by atoms with E-state index in [-0.39, 0.29) is 0 Å². The van der Waals surface area contributed by atoms with Crippen LogP contribution in [0, 0.1) is 11.8 Å². The maximum absolute atomic E-state index is 3.68. The normalized spacial score (nSPS) is 17.6.